The first-order chi connectivity index (χ1) is 9.77. The van der Waals surface area contributed by atoms with Crippen LogP contribution in [0.25, 0.3) is 0 Å². The summed E-state index contributed by atoms with van der Waals surface area (Å²) in [5.74, 6) is 1.03. The lowest BCUT2D eigenvalue weighted by atomic mass is 10.1. The number of rotatable bonds is 7. The molecule has 2 rings (SSSR count). The predicted molar refractivity (Wildman–Crippen MR) is 84.6 cm³/mol. The summed E-state index contributed by atoms with van der Waals surface area (Å²) in [5, 5.41) is 3.55. The topological polar surface area (TPSA) is 42.7 Å². The molecule has 1 unspecified atom stereocenters. The fourth-order valence-electron chi connectivity index (χ4n) is 2.22. The third kappa shape index (κ3) is 3.46. The number of pyridine rings is 1. The lowest BCUT2D eigenvalue weighted by Gasteiger charge is -2.20. The van der Waals surface area contributed by atoms with E-state index < -0.39 is 0 Å². The fraction of sp³-hybridized carbons (Fsp3) is 0.467. The lowest BCUT2D eigenvalue weighted by molar-refractivity contribution is 0.520. The van der Waals surface area contributed by atoms with Gasteiger partial charge < -0.3 is 9.88 Å². The summed E-state index contributed by atoms with van der Waals surface area (Å²) in [6, 6.07) is 3.98. The van der Waals surface area contributed by atoms with Crippen molar-refractivity contribution in [2.45, 2.75) is 39.3 Å². The van der Waals surface area contributed by atoms with E-state index in [1.165, 1.54) is 0 Å². The summed E-state index contributed by atoms with van der Waals surface area (Å²) >= 11 is 3.60. The van der Waals surface area contributed by atoms with Gasteiger partial charge in [0.15, 0.2) is 0 Å². The van der Waals surface area contributed by atoms with Crippen LogP contribution in [0.1, 0.15) is 44.2 Å². The number of hydrogen-bond acceptors (Lipinski definition) is 3. The molecule has 108 valence electrons. The average molecular weight is 337 g/mol. The largest absolute Gasteiger partial charge is 0.333 e. The Morgan fingerprint density at radius 2 is 2.10 bits per heavy atom. The minimum Gasteiger partial charge on any atom is -0.333 e. The molecule has 5 heteroatoms. The van der Waals surface area contributed by atoms with Crippen molar-refractivity contribution in [2.75, 3.05) is 6.54 Å². The van der Waals surface area contributed by atoms with Gasteiger partial charge >= 0.3 is 0 Å². The van der Waals surface area contributed by atoms with E-state index in [0.29, 0.717) is 0 Å². The highest BCUT2D eigenvalue weighted by atomic mass is 79.9. The minimum atomic E-state index is 0.0204. The number of halogens is 1. The van der Waals surface area contributed by atoms with Gasteiger partial charge in [0.05, 0.1) is 5.69 Å². The maximum Gasteiger partial charge on any atom is 0.132 e. The van der Waals surface area contributed by atoms with Crippen LogP contribution in [0.2, 0.25) is 0 Å². The SMILES string of the molecule is CCCNC(c1ncccc1Br)c1nccn1CCC. The van der Waals surface area contributed by atoms with Crippen molar-refractivity contribution in [1.29, 1.82) is 0 Å². The van der Waals surface area contributed by atoms with Crippen molar-refractivity contribution in [3.8, 4) is 0 Å². The van der Waals surface area contributed by atoms with Crippen molar-refractivity contribution >= 4 is 15.9 Å². The second-order valence-electron chi connectivity index (χ2n) is 4.74. The highest BCUT2D eigenvalue weighted by Gasteiger charge is 2.21. The Morgan fingerprint density at radius 1 is 1.25 bits per heavy atom. The second kappa shape index (κ2) is 7.55. The number of aryl methyl sites for hydroxylation is 1. The van der Waals surface area contributed by atoms with Gasteiger partial charge in [-0.1, -0.05) is 13.8 Å². The molecule has 0 aliphatic heterocycles. The van der Waals surface area contributed by atoms with Gasteiger partial charge in [-0.05, 0) is 47.4 Å². The van der Waals surface area contributed by atoms with E-state index in [-0.39, 0.29) is 6.04 Å². The van der Waals surface area contributed by atoms with E-state index in [1.807, 2.05) is 30.7 Å². The average Bonchev–Trinajstić information content (AvgIpc) is 2.90. The maximum absolute atomic E-state index is 4.55. The third-order valence-electron chi connectivity index (χ3n) is 3.13. The van der Waals surface area contributed by atoms with Gasteiger partial charge in [-0.15, -0.1) is 0 Å². The summed E-state index contributed by atoms with van der Waals surface area (Å²) in [4.78, 5) is 9.07. The number of nitrogens with one attached hydrogen (secondary N) is 1. The van der Waals surface area contributed by atoms with Gasteiger partial charge in [-0.3, -0.25) is 4.98 Å². The van der Waals surface area contributed by atoms with Crippen LogP contribution in [0, 0.1) is 0 Å². The number of aromatic nitrogens is 3. The molecule has 0 bridgehead atoms. The Morgan fingerprint density at radius 3 is 2.80 bits per heavy atom. The molecule has 2 aromatic heterocycles. The monoisotopic (exact) mass is 336 g/mol. The minimum absolute atomic E-state index is 0.0204. The third-order valence-corrected chi connectivity index (χ3v) is 3.80. The maximum atomic E-state index is 4.55. The molecular formula is C15H21BrN4. The van der Waals surface area contributed by atoms with E-state index in [2.05, 4.69) is 49.6 Å². The number of hydrogen-bond donors (Lipinski definition) is 1. The molecule has 2 heterocycles. The predicted octanol–water partition coefficient (Wildman–Crippen LogP) is 3.54. The summed E-state index contributed by atoms with van der Waals surface area (Å²) in [6.45, 7) is 6.25. The Kier molecular flexibility index (Phi) is 5.73. The Labute approximate surface area is 128 Å². The van der Waals surface area contributed by atoms with Crippen molar-refractivity contribution < 1.29 is 0 Å². The van der Waals surface area contributed by atoms with Gasteiger partial charge in [0.2, 0.25) is 0 Å². The first-order valence-corrected chi connectivity index (χ1v) is 7.92. The molecule has 0 fully saturated rings. The first-order valence-electron chi connectivity index (χ1n) is 7.12. The van der Waals surface area contributed by atoms with E-state index in [9.17, 15) is 0 Å². The van der Waals surface area contributed by atoms with Crippen LogP contribution in [-0.4, -0.2) is 21.1 Å². The molecule has 0 saturated heterocycles. The Hall–Kier alpha value is -1.20. The van der Waals surface area contributed by atoms with Crippen LogP contribution in [-0.2, 0) is 6.54 Å². The van der Waals surface area contributed by atoms with Crippen LogP contribution in [0.3, 0.4) is 0 Å². The Balaban J connectivity index is 2.37. The molecule has 0 aromatic carbocycles. The lowest BCUT2D eigenvalue weighted by Crippen LogP contribution is -2.27. The van der Waals surface area contributed by atoms with Gasteiger partial charge in [0, 0.05) is 29.6 Å². The van der Waals surface area contributed by atoms with Crippen LogP contribution in [0.15, 0.2) is 35.2 Å². The molecule has 4 nitrogen and oxygen atoms in total. The van der Waals surface area contributed by atoms with Crippen molar-refractivity contribution in [3.05, 3.63) is 46.7 Å². The van der Waals surface area contributed by atoms with Crippen molar-refractivity contribution in [1.82, 2.24) is 19.9 Å². The number of imidazole rings is 1. The molecule has 0 aliphatic rings. The van der Waals surface area contributed by atoms with Crippen LogP contribution in [0.5, 0.6) is 0 Å². The molecule has 1 N–H and O–H groups in total. The van der Waals surface area contributed by atoms with Gasteiger partial charge in [-0.25, -0.2) is 4.98 Å². The van der Waals surface area contributed by atoms with E-state index in [4.69, 9.17) is 0 Å². The molecule has 0 radical (unpaired) electrons. The van der Waals surface area contributed by atoms with Crippen LogP contribution in [0.4, 0.5) is 0 Å². The molecule has 0 saturated carbocycles. The smallest absolute Gasteiger partial charge is 0.132 e. The molecular weight excluding hydrogens is 316 g/mol. The van der Waals surface area contributed by atoms with E-state index >= 15 is 0 Å². The van der Waals surface area contributed by atoms with Crippen molar-refractivity contribution in [2.24, 2.45) is 0 Å². The zero-order chi connectivity index (χ0) is 14.4. The van der Waals surface area contributed by atoms with Gasteiger partial charge in [-0.2, -0.15) is 0 Å². The summed E-state index contributed by atoms with van der Waals surface area (Å²) < 4.78 is 3.22. The summed E-state index contributed by atoms with van der Waals surface area (Å²) in [5.41, 5.74) is 0.990. The second-order valence-corrected chi connectivity index (χ2v) is 5.59. The molecule has 0 spiro atoms. The zero-order valence-corrected chi connectivity index (χ0v) is 13.6. The zero-order valence-electron chi connectivity index (χ0n) is 12.0. The van der Waals surface area contributed by atoms with Gasteiger partial charge in [0.25, 0.3) is 0 Å². The molecule has 2 aromatic rings. The fourth-order valence-corrected chi connectivity index (χ4v) is 2.70. The molecule has 20 heavy (non-hydrogen) atoms. The quantitative estimate of drug-likeness (QED) is 0.840. The standard InChI is InChI=1S/C15H21BrN4/c1-3-7-17-14(13-12(16)6-5-8-18-13)15-19-9-11-20(15)10-4-2/h5-6,8-9,11,14,17H,3-4,7,10H2,1-2H3. The van der Waals surface area contributed by atoms with Gasteiger partial charge in [0.1, 0.15) is 11.9 Å². The number of nitrogens with zero attached hydrogens (tertiary/aromatic N) is 3. The highest BCUT2D eigenvalue weighted by Crippen LogP contribution is 2.25. The van der Waals surface area contributed by atoms with Crippen LogP contribution >= 0.6 is 15.9 Å². The normalized spacial score (nSPS) is 12.6. The Bertz CT molecular complexity index is 538. The first kappa shape index (κ1) is 15.2. The molecule has 1 atom stereocenters. The summed E-state index contributed by atoms with van der Waals surface area (Å²) in [7, 11) is 0. The molecule has 0 amide bonds. The van der Waals surface area contributed by atoms with E-state index in [0.717, 1.165) is 41.9 Å². The van der Waals surface area contributed by atoms with Crippen LogP contribution < -0.4 is 5.32 Å². The van der Waals surface area contributed by atoms with Crippen molar-refractivity contribution in [3.63, 3.8) is 0 Å². The summed E-state index contributed by atoms with van der Waals surface area (Å²) in [6.07, 6.45) is 7.90. The molecule has 0 aliphatic carbocycles. The van der Waals surface area contributed by atoms with E-state index in [1.54, 1.807) is 0 Å². The highest BCUT2D eigenvalue weighted by molar-refractivity contribution is 9.10.